The highest BCUT2D eigenvalue weighted by atomic mass is 31.2. The first-order chi connectivity index (χ1) is 6.20. The van der Waals surface area contributed by atoms with E-state index in [1.54, 1.807) is 0 Å². The van der Waals surface area contributed by atoms with Gasteiger partial charge in [0, 0.05) is 0 Å². The van der Waals surface area contributed by atoms with Gasteiger partial charge in [-0.15, -0.1) is 0 Å². The Kier molecular flexibility index (Phi) is 3.95. The lowest BCUT2D eigenvalue weighted by Crippen LogP contribution is -2.14. The van der Waals surface area contributed by atoms with Crippen molar-refractivity contribution in [2.75, 3.05) is 0 Å². The van der Waals surface area contributed by atoms with E-state index >= 15 is 0 Å². The summed E-state index contributed by atoms with van der Waals surface area (Å²) in [4.78, 5) is 0. The van der Waals surface area contributed by atoms with Crippen LogP contribution in [0.2, 0.25) is 0 Å². The van der Waals surface area contributed by atoms with Gasteiger partial charge in [0.2, 0.25) is 7.37 Å². The second-order valence-electron chi connectivity index (χ2n) is 3.38. The molecule has 1 aliphatic rings. The van der Waals surface area contributed by atoms with Gasteiger partial charge in [0.1, 0.15) is 0 Å². The minimum Gasteiger partial charge on any atom is -0.320 e. The van der Waals surface area contributed by atoms with Crippen molar-refractivity contribution < 1.29 is 9.09 Å². The van der Waals surface area contributed by atoms with Gasteiger partial charge in [-0.2, -0.15) is 0 Å². The van der Waals surface area contributed by atoms with E-state index in [-0.39, 0.29) is 6.10 Å². The Balaban J connectivity index is 2.50. The molecule has 0 saturated heterocycles. The summed E-state index contributed by atoms with van der Waals surface area (Å²) in [5.41, 5.74) is 0. The number of rotatable bonds is 4. The minimum atomic E-state index is -2.72. The lowest BCUT2D eigenvalue weighted by Gasteiger charge is -2.24. The second kappa shape index (κ2) is 4.78. The smallest absolute Gasteiger partial charge is 0.246 e. The molecule has 0 unspecified atom stereocenters. The summed E-state index contributed by atoms with van der Waals surface area (Å²) in [6, 6.07) is 0. The quantitative estimate of drug-likeness (QED) is 0.643. The van der Waals surface area contributed by atoms with Crippen LogP contribution in [0.1, 0.15) is 32.1 Å². The molecule has 1 rings (SSSR count). The molecule has 13 heavy (non-hydrogen) atoms. The summed E-state index contributed by atoms with van der Waals surface area (Å²) in [7, 11) is -2.72. The van der Waals surface area contributed by atoms with Crippen molar-refractivity contribution >= 4 is 7.37 Å². The molecule has 1 aliphatic carbocycles. The van der Waals surface area contributed by atoms with Crippen molar-refractivity contribution in [3.05, 3.63) is 24.8 Å². The average Bonchev–Trinajstić information content (AvgIpc) is 2.19. The largest absolute Gasteiger partial charge is 0.320 e. The lowest BCUT2D eigenvalue weighted by atomic mass is 9.98. The molecule has 1 fully saturated rings. The van der Waals surface area contributed by atoms with Crippen LogP contribution in [0.15, 0.2) is 24.8 Å². The third kappa shape index (κ3) is 3.13. The summed E-state index contributed by atoms with van der Waals surface area (Å²) >= 11 is 0. The van der Waals surface area contributed by atoms with Crippen LogP contribution in [0.3, 0.4) is 0 Å². The van der Waals surface area contributed by atoms with E-state index in [2.05, 4.69) is 13.2 Å². The Bertz CT molecular complexity index is 217. The van der Waals surface area contributed by atoms with E-state index in [0.29, 0.717) is 0 Å². The van der Waals surface area contributed by atoms with Crippen LogP contribution in [0.4, 0.5) is 0 Å². The van der Waals surface area contributed by atoms with Crippen molar-refractivity contribution in [1.82, 2.24) is 0 Å². The summed E-state index contributed by atoms with van der Waals surface area (Å²) < 4.78 is 17.3. The molecule has 1 saturated carbocycles. The minimum absolute atomic E-state index is 0.149. The van der Waals surface area contributed by atoms with Crippen molar-refractivity contribution in [2.45, 2.75) is 38.2 Å². The molecular formula is C10H17O2P. The van der Waals surface area contributed by atoms with Gasteiger partial charge in [-0.1, -0.05) is 32.4 Å². The van der Waals surface area contributed by atoms with E-state index in [9.17, 15) is 4.57 Å². The Morgan fingerprint density at radius 3 is 2.15 bits per heavy atom. The molecule has 0 N–H and O–H groups in total. The molecule has 0 atom stereocenters. The van der Waals surface area contributed by atoms with Crippen molar-refractivity contribution in [3.8, 4) is 0 Å². The van der Waals surface area contributed by atoms with E-state index < -0.39 is 7.37 Å². The summed E-state index contributed by atoms with van der Waals surface area (Å²) in [6.45, 7) is 7.02. The molecule has 0 radical (unpaired) electrons. The molecule has 0 aromatic rings. The normalized spacial score (nSPS) is 19.7. The Hall–Kier alpha value is -0.330. The molecule has 0 spiro atoms. The van der Waals surface area contributed by atoms with Crippen molar-refractivity contribution in [2.24, 2.45) is 0 Å². The Labute approximate surface area is 80.1 Å². The van der Waals surface area contributed by atoms with E-state index in [1.165, 1.54) is 30.9 Å². The zero-order valence-electron chi connectivity index (χ0n) is 7.95. The number of hydrogen-bond acceptors (Lipinski definition) is 2. The first kappa shape index (κ1) is 10.7. The fourth-order valence-electron chi connectivity index (χ4n) is 1.56. The van der Waals surface area contributed by atoms with Crippen molar-refractivity contribution in [3.63, 3.8) is 0 Å². The van der Waals surface area contributed by atoms with Gasteiger partial charge in [-0.25, -0.2) is 0 Å². The molecule has 3 heteroatoms. The summed E-state index contributed by atoms with van der Waals surface area (Å²) in [5, 5.41) is 0. The van der Waals surface area contributed by atoms with Gasteiger partial charge in [-0.05, 0) is 24.5 Å². The van der Waals surface area contributed by atoms with Crippen LogP contribution in [-0.4, -0.2) is 6.10 Å². The Morgan fingerprint density at radius 1 is 1.15 bits per heavy atom. The highest BCUT2D eigenvalue weighted by Gasteiger charge is 2.22. The first-order valence-corrected chi connectivity index (χ1v) is 6.51. The summed E-state index contributed by atoms with van der Waals surface area (Å²) in [5.74, 6) is 2.77. The number of hydrogen-bond donors (Lipinski definition) is 0. The van der Waals surface area contributed by atoms with Gasteiger partial charge in [-0.3, -0.25) is 4.57 Å². The van der Waals surface area contributed by atoms with E-state index in [0.717, 1.165) is 12.8 Å². The fraction of sp³-hybridized carbons (Fsp3) is 0.600. The van der Waals surface area contributed by atoms with Crippen LogP contribution in [-0.2, 0) is 9.09 Å². The molecular weight excluding hydrogens is 183 g/mol. The summed E-state index contributed by atoms with van der Waals surface area (Å²) in [6.07, 6.45) is 5.82. The average molecular weight is 200 g/mol. The topological polar surface area (TPSA) is 26.3 Å². The van der Waals surface area contributed by atoms with Crippen LogP contribution in [0.25, 0.3) is 0 Å². The second-order valence-corrected chi connectivity index (χ2v) is 5.61. The van der Waals surface area contributed by atoms with Crippen LogP contribution in [0, 0.1) is 0 Å². The predicted molar refractivity (Wildman–Crippen MR) is 56.0 cm³/mol. The molecule has 2 nitrogen and oxygen atoms in total. The van der Waals surface area contributed by atoms with Gasteiger partial charge in [0.05, 0.1) is 6.10 Å². The molecule has 0 amide bonds. The molecule has 0 heterocycles. The highest BCUT2D eigenvalue weighted by Crippen LogP contribution is 2.51. The molecule has 0 bridgehead atoms. The Morgan fingerprint density at radius 2 is 1.69 bits per heavy atom. The van der Waals surface area contributed by atoms with Gasteiger partial charge >= 0.3 is 0 Å². The maximum Gasteiger partial charge on any atom is 0.246 e. The molecule has 0 aromatic heterocycles. The SMILES string of the molecule is C=CP(=O)(C=C)OC1CCCCC1. The highest BCUT2D eigenvalue weighted by molar-refractivity contribution is 7.65. The molecule has 74 valence electrons. The van der Waals surface area contributed by atoms with E-state index in [1.807, 2.05) is 0 Å². The van der Waals surface area contributed by atoms with Crippen LogP contribution < -0.4 is 0 Å². The monoisotopic (exact) mass is 200 g/mol. The standard InChI is InChI=1S/C10H17O2P/c1-3-13(11,4-2)12-10-8-6-5-7-9-10/h3-4,10H,1-2,5-9H2. The maximum atomic E-state index is 11.8. The maximum absolute atomic E-state index is 11.8. The predicted octanol–water partition coefficient (Wildman–Crippen LogP) is 3.90. The zero-order valence-corrected chi connectivity index (χ0v) is 8.84. The third-order valence-electron chi connectivity index (χ3n) is 2.37. The van der Waals surface area contributed by atoms with Gasteiger partial charge < -0.3 is 4.52 Å². The fourth-order valence-corrected chi connectivity index (χ4v) is 2.56. The van der Waals surface area contributed by atoms with E-state index in [4.69, 9.17) is 4.52 Å². The van der Waals surface area contributed by atoms with Crippen LogP contribution >= 0.6 is 7.37 Å². The van der Waals surface area contributed by atoms with Gasteiger partial charge in [0.25, 0.3) is 0 Å². The third-order valence-corrected chi connectivity index (χ3v) is 4.02. The molecule has 0 aromatic carbocycles. The lowest BCUT2D eigenvalue weighted by molar-refractivity contribution is 0.163. The van der Waals surface area contributed by atoms with Gasteiger partial charge in [0.15, 0.2) is 0 Å². The van der Waals surface area contributed by atoms with Crippen LogP contribution in [0.5, 0.6) is 0 Å². The first-order valence-electron chi connectivity index (χ1n) is 4.75. The van der Waals surface area contributed by atoms with Crippen molar-refractivity contribution in [1.29, 1.82) is 0 Å². The zero-order chi connectivity index (χ0) is 9.73. The molecule has 0 aliphatic heterocycles.